The van der Waals surface area contributed by atoms with E-state index >= 15 is 0 Å². The lowest BCUT2D eigenvalue weighted by atomic mass is 9.97. The Labute approximate surface area is 151 Å². The summed E-state index contributed by atoms with van der Waals surface area (Å²) in [5.74, 6) is -0.582. The molecule has 128 valence electrons. The Kier molecular flexibility index (Phi) is 5.86. The van der Waals surface area contributed by atoms with Crippen LogP contribution in [0.1, 0.15) is 21.9 Å². The molecule has 0 bridgehead atoms. The number of benzene rings is 2. The van der Waals surface area contributed by atoms with Crippen molar-refractivity contribution in [2.75, 3.05) is 6.61 Å². The minimum Gasteiger partial charge on any atom is -0.493 e. The number of aliphatic carboxylic acids is 1. The van der Waals surface area contributed by atoms with E-state index in [0.29, 0.717) is 13.0 Å². The summed E-state index contributed by atoms with van der Waals surface area (Å²) in [7, 11) is 0. The van der Waals surface area contributed by atoms with Crippen molar-refractivity contribution >= 4 is 17.3 Å². The van der Waals surface area contributed by atoms with E-state index in [1.807, 2.05) is 60.0 Å². The van der Waals surface area contributed by atoms with Crippen LogP contribution in [0.4, 0.5) is 0 Å². The molecule has 0 radical (unpaired) electrons. The van der Waals surface area contributed by atoms with E-state index < -0.39 is 11.9 Å². The SMILES string of the molecule is O=C(O)C(Cc1ccccc1OCCc1ccccc1)c1cccs1. The van der Waals surface area contributed by atoms with Crippen LogP contribution in [0.2, 0.25) is 0 Å². The molecular weight excluding hydrogens is 332 g/mol. The standard InChI is InChI=1S/C21H20O3S/c22-21(23)18(20-11-6-14-25-20)15-17-9-4-5-10-19(17)24-13-12-16-7-2-1-3-8-16/h1-11,14,18H,12-13,15H2,(H,22,23). The summed E-state index contributed by atoms with van der Waals surface area (Å²) < 4.78 is 5.95. The van der Waals surface area contributed by atoms with Crippen LogP contribution in [0.15, 0.2) is 72.1 Å². The average Bonchev–Trinajstić information content (AvgIpc) is 3.15. The van der Waals surface area contributed by atoms with Crippen LogP contribution in [0.25, 0.3) is 0 Å². The number of carboxylic acid groups (broad SMARTS) is 1. The first-order valence-electron chi connectivity index (χ1n) is 8.25. The van der Waals surface area contributed by atoms with E-state index in [2.05, 4.69) is 12.1 Å². The summed E-state index contributed by atoms with van der Waals surface area (Å²) in [6, 6.07) is 21.6. The van der Waals surface area contributed by atoms with Crippen LogP contribution < -0.4 is 4.74 Å². The van der Waals surface area contributed by atoms with Crippen molar-refractivity contribution in [2.45, 2.75) is 18.8 Å². The van der Waals surface area contributed by atoms with Crippen molar-refractivity contribution in [1.82, 2.24) is 0 Å². The van der Waals surface area contributed by atoms with Gasteiger partial charge in [0.25, 0.3) is 0 Å². The van der Waals surface area contributed by atoms with Crippen LogP contribution in [0.5, 0.6) is 5.75 Å². The maximum atomic E-state index is 11.7. The van der Waals surface area contributed by atoms with Gasteiger partial charge in [-0.3, -0.25) is 4.79 Å². The fraction of sp³-hybridized carbons (Fsp3) is 0.190. The monoisotopic (exact) mass is 352 g/mol. The third kappa shape index (κ3) is 4.70. The molecule has 25 heavy (non-hydrogen) atoms. The molecule has 0 fully saturated rings. The smallest absolute Gasteiger partial charge is 0.312 e. The predicted octanol–water partition coefficient (Wildman–Crippen LogP) is 4.78. The highest BCUT2D eigenvalue weighted by atomic mass is 32.1. The Hall–Kier alpha value is -2.59. The van der Waals surface area contributed by atoms with E-state index in [0.717, 1.165) is 22.6 Å². The Bertz CT molecular complexity index is 797. The molecule has 0 saturated carbocycles. The van der Waals surface area contributed by atoms with E-state index in [4.69, 9.17) is 4.74 Å². The molecule has 1 heterocycles. The Morgan fingerprint density at radius 1 is 1.00 bits per heavy atom. The van der Waals surface area contributed by atoms with Crippen molar-refractivity contribution in [3.63, 3.8) is 0 Å². The molecule has 4 heteroatoms. The maximum absolute atomic E-state index is 11.7. The fourth-order valence-electron chi connectivity index (χ4n) is 2.76. The van der Waals surface area contributed by atoms with Gasteiger partial charge in [-0.1, -0.05) is 54.6 Å². The van der Waals surface area contributed by atoms with E-state index in [-0.39, 0.29) is 0 Å². The number of carboxylic acids is 1. The van der Waals surface area contributed by atoms with Crippen LogP contribution in [0.3, 0.4) is 0 Å². The Balaban J connectivity index is 1.69. The third-order valence-electron chi connectivity index (χ3n) is 4.07. The Morgan fingerprint density at radius 3 is 2.48 bits per heavy atom. The van der Waals surface area contributed by atoms with E-state index in [1.165, 1.54) is 16.9 Å². The van der Waals surface area contributed by atoms with Gasteiger partial charge in [-0.15, -0.1) is 11.3 Å². The molecule has 3 rings (SSSR count). The lowest BCUT2D eigenvalue weighted by Crippen LogP contribution is -2.14. The van der Waals surface area contributed by atoms with E-state index in [1.54, 1.807) is 0 Å². The number of hydrogen-bond acceptors (Lipinski definition) is 3. The zero-order chi connectivity index (χ0) is 17.5. The van der Waals surface area contributed by atoms with Gasteiger partial charge in [-0.05, 0) is 35.1 Å². The predicted molar refractivity (Wildman–Crippen MR) is 100 cm³/mol. The van der Waals surface area contributed by atoms with Gasteiger partial charge in [0.2, 0.25) is 0 Å². The molecule has 2 aromatic carbocycles. The lowest BCUT2D eigenvalue weighted by Gasteiger charge is -2.15. The summed E-state index contributed by atoms with van der Waals surface area (Å²) in [6.45, 7) is 0.567. The second-order valence-corrected chi connectivity index (χ2v) is 6.78. The number of para-hydroxylation sites is 1. The molecule has 0 spiro atoms. The largest absolute Gasteiger partial charge is 0.493 e. The van der Waals surface area contributed by atoms with Gasteiger partial charge < -0.3 is 9.84 Å². The van der Waals surface area contributed by atoms with Gasteiger partial charge in [-0.2, -0.15) is 0 Å². The topological polar surface area (TPSA) is 46.5 Å². The van der Waals surface area contributed by atoms with Crippen LogP contribution in [-0.4, -0.2) is 17.7 Å². The van der Waals surface area contributed by atoms with E-state index in [9.17, 15) is 9.90 Å². The number of rotatable bonds is 8. The third-order valence-corrected chi connectivity index (χ3v) is 5.06. The summed E-state index contributed by atoms with van der Waals surface area (Å²) >= 11 is 1.48. The molecule has 0 aliphatic rings. The zero-order valence-corrected chi connectivity index (χ0v) is 14.6. The maximum Gasteiger partial charge on any atom is 0.312 e. The summed E-state index contributed by atoms with van der Waals surface area (Å²) in [5, 5.41) is 11.5. The number of ether oxygens (including phenoxy) is 1. The van der Waals surface area contributed by atoms with Crippen molar-refractivity contribution in [3.8, 4) is 5.75 Å². The molecule has 3 nitrogen and oxygen atoms in total. The number of thiophene rings is 1. The van der Waals surface area contributed by atoms with Gasteiger partial charge in [0.15, 0.2) is 0 Å². The van der Waals surface area contributed by atoms with Crippen molar-refractivity contribution in [3.05, 3.63) is 88.1 Å². The number of carbonyl (C=O) groups is 1. The molecule has 3 aromatic rings. The molecule has 0 saturated heterocycles. The normalized spacial score (nSPS) is 11.8. The second-order valence-electron chi connectivity index (χ2n) is 5.80. The van der Waals surface area contributed by atoms with Gasteiger partial charge >= 0.3 is 5.97 Å². The quantitative estimate of drug-likeness (QED) is 0.634. The highest BCUT2D eigenvalue weighted by Gasteiger charge is 2.22. The first kappa shape index (κ1) is 17.2. The van der Waals surface area contributed by atoms with Gasteiger partial charge in [0.05, 0.1) is 12.5 Å². The Morgan fingerprint density at radius 2 is 1.76 bits per heavy atom. The van der Waals surface area contributed by atoms with Gasteiger partial charge in [0.1, 0.15) is 5.75 Å². The van der Waals surface area contributed by atoms with Crippen LogP contribution in [-0.2, 0) is 17.6 Å². The minimum atomic E-state index is -0.804. The summed E-state index contributed by atoms with van der Waals surface area (Å²) in [6.07, 6.45) is 1.25. The average molecular weight is 352 g/mol. The fourth-order valence-corrected chi connectivity index (χ4v) is 3.58. The molecule has 0 aliphatic carbocycles. The first-order chi connectivity index (χ1) is 12.2. The zero-order valence-electron chi connectivity index (χ0n) is 13.8. The highest BCUT2D eigenvalue weighted by molar-refractivity contribution is 7.10. The van der Waals surface area contributed by atoms with Gasteiger partial charge in [0, 0.05) is 11.3 Å². The molecule has 1 N–H and O–H groups in total. The van der Waals surface area contributed by atoms with Crippen molar-refractivity contribution in [2.24, 2.45) is 0 Å². The molecule has 0 amide bonds. The molecule has 1 aromatic heterocycles. The van der Waals surface area contributed by atoms with Gasteiger partial charge in [-0.25, -0.2) is 0 Å². The van der Waals surface area contributed by atoms with Crippen molar-refractivity contribution < 1.29 is 14.6 Å². The molecule has 0 aliphatic heterocycles. The van der Waals surface area contributed by atoms with Crippen molar-refractivity contribution in [1.29, 1.82) is 0 Å². The van der Waals surface area contributed by atoms with Crippen LogP contribution in [0, 0.1) is 0 Å². The number of hydrogen-bond donors (Lipinski definition) is 1. The molecule has 1 atom stereocenters. The minimum absolute atomic E-state index is 0.428. The lowest BCUT2D eigenvalue weighted by molar-refractivity contribution is -0.138. The molecular formula is C21H20O3S. The first-order valence-corrected chi connectivity index (χ1v) is 9.13. The molecule has 1 unspecified atom stereocenters. The summed E-state index contributed by atoms with van der Waals surface area (Å²) in [4.78, 5) is 12.5. The second kappa shape index (κ2) is 8.49. The summed E-state index contributed by atoms with van der Waals surface area (Å²) in [5.41, 5.74) is 2.15. The van der Waals surface area contributed by atoms with Crippen LogP contribution >= 0.6 is 11.3 Å². The highest BCUT2D eigenvalue weighted by Crippen LogP contribution is 2.29.